The Morgan fingerprint density at radius 1 is 0.967 bits per heavy atom. The molecule has 0 fully saturated rings. The van der Waals surface area contributed by atoms with Crippen LogP contribution >= 0.6 is 0 Å². The van der Waals surface area contributed by atoms with Crippen LogP contribution in [0.4, 0.5) is 14.5 Å². The zero-order valence-corrected chi connectivity index (χ0v) is 17.5. The van der Waals surface area contributed by atoms with Crippen molar-refractivity contribution in [3.05, 3.63) is 64.7 Å². The van der Waals surface area contributed by atoms with Gasteiger partial charge in [0.25, 0.3) is 11.8 Å². The highest BCUT2D eigenvalue weighted by Gasteiger charge is 2.44. The zero-order valence-electron chi connectivity index (χ0n) is 17.5. The van der Waals surface area contributed by atoms with E-state index >= 15 is 8.78 Å². The third-order valence-electron chi connectivity index (χ3n) is 5.98. The average Bonchev–Trinajstić information content (AvgIpc) is 2.70. The molecule has 30 heavy (non-hydrogen) atoms. The van der Waals surface area contributed by atoms with E-state index in [0.29, 0.717) is 0 Å². The number of carbonyl (C=O) groups excluding carboxylic acids is 2. The van der Waals surface area contributed by atoms with Crippen molar-refractivity contribution in [1.29, 1.82) is 0 Å². The summed E-state index contributed by atoms with van der Waals surface area (Å²) in [7, 11) is 0. The summed E-state index contributed by atoms with van der Waals surface area (Å²) in [5, 5.41) is 10.9. The lowest BCUT2D eigenvalue weighted by molar-refractivity contribution is -0.140. The number of hydroxylamine groups is 1. The van der Waals surface area contributed by atoms with Crippen LogP contribution in [0.25, 0.3) is 0 Å². The van der Waals surface area contributed by atoms with Gasteiger partial charge in [-0.05, 0) is 59.1 Å². The molecule has 0 saturated carbocycles. The van der Waals surface area contributed by atoms with Crippen LogP contribution < -0.4 is 10.8 Å². The normalized spacial score (nSPS) is 17.0. The molecule has 2 amide bonds. The molecule has 0 saturated heterocycles. The summed E-state index contributed by atoms with van der Waals surface area (Å²) in [6.07, 6.45) is 1.83. The molecule has 0 spiro atoms. The first kappa shape index (κ1) is 21.9. The number of hydrogen-bond donors (Lipinski definition) is 3. The maximum Gasteiger partial charge on any atom is 0.350 e. The van der Waals surface area contributed by atoms with Gasteiger partial charge in [0.05, 0.1) is 0 Å². The summed E-state index contributed by atoms with van der Waals surface area (Å²) in [6.45, 7) is 8.25. The van der Waals surface area contributed by atoms with Crippen molar-refractivity contribution in [1.82, 2.24) is 5.48 Å². The van der Waals surface area contributed by atoms with Crippen LogP contribution in [-0.2, 0) is 21.5 Å². The monoisotopic (exact) mass is 416 g/mol. The van der Waals surface area contributed by atoms with E-state index in [9.17, 15) is 9.59 Å². The maximum absolute atomic E-state index is 15.0. The number of fused-ring (bicyclic) bond motifs is 1. The fraction of sp³-hybridized carbons (Fsp3) is 0.391. The summed E-state index contributed by atoms with van der Waals surface area (Å²) in [5.74, 6) is -6.06. The lowest BCUT2D eigenvalue weighted by Gasteiger charge is -2.42. The fourth-order valence-corrected chi connectivity index (χ4v) is 3.93. The average molecular weight is 416 g/mol. The van der Waals surface area contributed by atoms with Gasteiger partial charge < -0.3 is 5.32 Å². The first-order valence-corrected chi connectivity index (χ1v) is 9.78. The van der Waals surface area contributed by atoms with Crippen molar-refractivity contribution in [2.75, 3.05) is 5.32 Å². The number of alkyl halides is 2. The highest BCUT2D eigenvalue weighted by Crippen LogP contribution is 2.47. The molecule has 2 aromatic carbocycles. The molecule has 3 rings (SSSR count). The highest BCUT2D eigenvalue weighted by atomic mass is 19.3. The molecule has 0 aliphatic heterocycles. The second-order valence-corrected chi connectivity index (χ2v) is 9.08. The third-order valence-corrected chi connectivity index (χ3v) is 5.98. The quantitative estimate of drug-likeness (QED) is 0.491. The lowest BCUT2D eigenvalue weighted by atomic mass is 9.63. The molecule has 160 valence electrons. The Kier molecular flexibility index (Phi) is 5.45. The van der Waals surface area contributed by atoms with Gasteiger partial charge in [-0.3, -0.25) is 14.8 Å². The number of amides is 2. The molecular formula is C23H26F2N2O3. The number of nitrogens with one attached hydrogen (secondary N) is 2. The SMILES string of the molecule is CC1(C)CCC(C)(C)c2cc(C(F)(F)C(=O)Nc3cccc(C(=O)NO)c3)ccc21. The minimum Gasteiger partial charge on any atom is -0.321 e. The number of rotatable bonds is 4. The summed E-state index contributed by atoms with van der Waals surface area (Å²) in [6, 6.07) is 9.87. The van der Waals surface area contributed by atoms with Crippen molar-refractivity contribution in [2.45, 2.75) is 57.3 Å². The van der Waals surface area contributed by atoms with Gasteiger partial charge in [0.15, 0.2) is 0 Å². The van der Waals surface area contributed by atoms with Crippen molar-refractivity contribution in [3.63, 3.8) is 0 Å². The minimum absolute atomic E-state index is 0.0244. The maximum atomic E-state index is 15.0. The van der Waals surface area contributed by atoms with E-state index in [1.165, 1.54) is 41.9 Å². The van der Waals surface area contributed by atoms with E-state index in [1.807, 2.05) is 13.8 Å². The molecule has 0 bridgehead atoms. The second kappa shape index (κ2) is 7.47. The molecule has 0 radical (unpaired) electrons. The zero-order chi connectivity index (χ0) is 22.3. The van der Waals surface area contributed by atoms with Crippen molar-refractivity contribution in [3.8, 4) is 0 Å². The number of anilines is 1. The number of hydrogen-bond acceptors (Lipinski definition) is 3. The van der Waals surface area contributed by atoms with E-state index in [4.69, 9.17) is 5.21 Å². The summed E-state index contributed by atoms with van der Waals surface area (Å²) >= 11 is 0. The summed E-state index contributed by atoms with van der Waals surface area (Å²) in [5.41, 5.74) is 2.63. The predicted molar refractivity (Wildman–Crippen MR) is 110 cm³/mol. The number of carbonyl (C=O) groups is 2. The van der Waals surface area contributed by atoms with Gasteiger partial charge in [0.2, 0.25) is 0 Å². The lowest BCUT2D eigenvalue weighted by Crippen LogP contribution is -2.36. The molecular weight excluding hydrogens is 390 g/mol. The van der Waals surface area contributed by atoms with Gasteiger partial charge in [-0.15, -0.1) is 0 Å². The predicted octanol–water partition coefficient (Wildman–Crippen LogP) is 4.89. The Balaban J connectivity index is 1.92. The van der Waals surface area contributed by atoms with Gasteiger partial charge in [-0.2, -0.15) is 8.78 Å². The first-order chi connectivity index (χ1) is 13.9. The molecule has 5 nitrogen and oxygen atoms in total. The van der Waals surface area contributed by atoms with Gasteiger partial charge >= 0.3 is 5.92 Å². The topological polar surface area (TPSA) is 78.4 Å². The van der Waals surface area contributed by atoms with Crippen LogP contribution in [0.2, 0.25) is 0 Å². The van der Waals surface area contributed by atoms with Crippen molar-refractivity contribution in [2.24, 2.45) is 0 Å². The van der Waals surface area contributed by atoms with Crippen LogP contribution in [0.5, 0.6) is 0 Å². The van der Waals surface area contributed by atoms with Crippen LogP contribution in [0.3, 0.4) is 0 Å². The highest BCUT2D eigenvalue weighted by molar-refractivity contribution is 5.99. The van der Waals surface area contributed by atoms with Crippen molar-refractivity contribution >= 4 is 17.5 Å². The first-order valence-electron chi connectivity index (χ1n) is 9.78. The molecule has 1 aliphatic rings. The van der Waals surface area contributed by atoms with Gasteiger partial charge in [-0.1, -0.05) is 45.9 Å². The van der Waals surface area contributed by atoms with E-state index in [-0.39, 0.29) is 27.6 Å². The minimum atomic E-state index is -3.76. The Morgan fingerprint density at radius 3 is 2.23 bits per heavy atom. The fourth-order valence-electron chi connectivity index (χ4n) is 3.93. The third kappa shape index (κ3) is 3.94. The summed E-state index contributed by atoms with van der Waals surface area (Å²) in [4.78, 5) is 23.9. The van der Waals surface area contributed by atoms with E-state index in [1.54, 1.807) is 6.07 Å². The van der Waals surface area contributed by atoms with Crippen LogP contribution in [0.1, 0.15) is 67.6 Å². The smallest absolute Gasteiger partial charge is 0.321 e. The number of halogens is 2. The molecule has 2 aromatic rings. The van der Waals surface area contributed by atoms with Crippen LogP contribution in [-0.4, -0.2) is 17.0 Å². The van der Waals surface area contributed by atoms with E-state index in [2.05, 4.69) is 19.2 Å². The summed E-state index contributed by atoms with van der Waals surface area (Å²) < 4.78 is 30.1. The van der Waals surface area contributed by atoms with E-state index < -0.39 is 17.7 Å². The molecule has 0 unspecified atom stereocenters. The molecule has 7 heteroatoms. The Morgan fingerprint density at radius 2 is 1.60 bits per heavy atom. The van der Waals surface area contributed by atoms with Gasteiger partial charge in [0.1, 0.15) is 0 Å². The molecule has 0 aromatic heterocycles. The standard InChI is InChI=1S/C23H26F2N2O3/c1-21(2)10-11-22(3,4)18-13-15(8-9-17(18)21)23(24,25)20(29)26-16-7-5-6-14(12-16)19(28)27-30/h5-9,12-13,30H,10-11H2,1-4H3,(H,26,29)(H,27,28). The number of benzene rings is 2. The Labute approximate surface area is 174 Å². The largest absolute Gasteiger partial charge is 0.350 e. The molecule has 3 N–H and O–H groups in total. The molecule has 0 heterocycles. The van der Waals surface area contributed by atoms with Crippen LogP contribution in [0.15, 0.2) is 42.5 Å². The Bertz CT molecular complexity index is 1000. The van der Waals surface area contributed by atoms with Crippen LogP contribution in [0, 0.1) is 0 Å². The van der Waals surface area contributed by atoms with Gasteiger partial charge in [0, 0.05) is 16.8 Å². The molecule has 0 atom stereocenters. The van der Waals surface area contributed by atoms with Crippen molar-refractivity contribution < 1.29 is 23.6 Å². The second-order valence-electron chi connectivity index (χ2n) is 9.08. The molecule has 1 aliphatic carbocycles. The van der Waals surface area contributed by atoms with E-state index in [0.717, 1.165) is 24.0 Å². The Hall–Kier alpha value is -2.80. The van der Waals surface area contributed by atoms with Gasteiger partial charge in [-0.25, -0.2) is 5.48 Å².